The highest BCUT2D eigenvalue weighted by Crippen LogP contribution is 2.38. The Hall–Kier alpha value is -3.47. The quantitative estimate of drug-likeness (QED) is 0.196. The van der Waals surface area contributed by atoms with Crippen LogP contribution in [0.3, 0.4) is 0 Å². The third-order valence-corrected chi connectivity index (χ3v) is 6.92. The van der Waals surface area contributed by atoms with E-state index in [0.717, 1.165) is 29.1 Å². The monoisotopic (exact) mass is 586 g/mol. The van der Waals surface area contributed by atoms with Gasteiger partial charge < -0.3 is 19.6 Å². The van der Waals surface area contributed by atoms with E-state index in [9.17, 15) is 22.7 Å². The lowest BCUT2D eigenvalue weighted by Gasteiger charge is -2.24. The molecule has 8 nitrogen and oxygen atoms in total. The van der Waals surface area contributed by atoms with Crippen molar-refractivity contribution in [1.29, 1.82) is 0 Å². The van der Waals surface area contributed by atoms with Gasteiger partial charge >= 0.3 is 0 Å². The molecule has 0 radical (unpaired) electrons. The van der Waals surface area contributed by atoms with Crippen LogP contribution in [0.5, 0.6) is 5.75 Å². The minimum atomic E-state index is -3.49. The van der Waals surface area contributed by atoms with Crippen molar-refractivity contribution in [1.82, 2.24) is 4.98 Å². The van der Waals surface area contributed by atoms with Crippen molar-refractivity contribution in [3.63, 3.8) is 0 Å². The fourth-order valence-corrected chi connectivity index (χ4v) is 4.80. The minimum absolute atomic E-state index is 0.179. The maximum atomic E-state index is 14.1. The molecule has 3 N–H and O–H groups in total. The summed E-state index contributed by atoms with van der Waals surface area (Å²) in [5.74, 6) is 0.0607. The van der Waals surface area contributed by atoms with Crippen LogP contribution < -0.4 is 15.0 Å². The number of aromatic nitrogens is 1. The van der Waals surface area contributed by atoms with E-state index in [0.29, 0.717) is 35.6 Å². The van der Waals surface area contributed by atoms with E-state index in [1.54, 1.807) is 45.2 Å². The molecule has 0 aliphatic heterocycles. The predicted octanol–water partition coefficient (Wildman–Crippen LogP) is 5.71. The Balaban J connectivity index is 2.11. The van der Waals surface area contributed by atoms with Gasteiger partial charge in [-0.15, -0.1) is 0 Å². The second-order valence-corrected chi connectivity index (χ2v) is 13.4. The fourth-order valence-electron chi connectivity index (χ4n) is 4.24. The average Bonchev–Trinajstić information content (AvgIpc) is 2.85. The molecule has 10 heteroatoms. The number of aromatic amines is 1. The highest BCUT2D eigenvalue weighted by atomic mass is 32.2. The molecular weight excluding hydrogens is 547 g/mol. The summed E-state index contributed by atoms with van der Waals surface area (Å²) in [5.41, 5.74) is 2.48. The number of sulfonamides is 1. The van der Waals surface area contributed by atoms with E-state index in [2.05, 4.69) is 9.71 Å². The number of ether oxygens (including phenoxy) is 2. The number of hydrogen-bond donors (Lipinski definition) is 3. The van der Waals surface area contributed by atoms with Crippen LogP contribution in [0.15, 0.2) is 47.4 Å². The molecule has 2 aromatic carbocycles. The third kappa shape index (κ3) is 9.27. The van der Waals surface area contributed by atoms with Crippen molar-refractivity contribution < 1.29 is 27.4 Å². The molecule has 0 unspecified atom stereocenters. The molecule has 0 amide bonds. The number of halogens is 1. The van der Waals surface area contributed by atoms with Crippen LogP contribution in [0.4, 0.5) is 10.1 Å². The average molecular weight is 587 g/mol. The van der Waals surface area contributed by atoms with Crippen molar-refractivity contribution in [2.24, 2.45) is 0 Å². The van der Waals surface area contributed by atoms with E-state index in [1.165, 1.54) is 6.07 Å². The van der Waals surface area contributed by atoms with Gasteiger partial charge in [0.15, 0.2) is 0 Å². The zero-order chi connectivity index (χ0) is 30.6. The lowest BCUT2D eigenvalue weighted by Crippen LogP contribution is -2.20. The minimum Gasteiger partial charge on any atom is -0.496 e. The Labute approximate surface area is 241 Å². The molecule has 0 bridgehead atoms. The van der Waals surface area contributed by atoms with E-state index >= 15 is 0 Å². The number of benzene rings is 2. The first kappa shape index (κ1) is 32.0. The van der Waals surface area contributed by atoms with E-state index in [4.69, 9.17) is 9.47 Å². The largest absolute Gasteiger partial charge is 0.496 e. The summed E-state index contributed by atoms with van der Waals surface area (Å²) in [4.78, 5) is 15.0. The first-order valence-corrected chi connectivity index (χ1v) is 15.1. The Morgan fingerprint density at radius 2 is 1.73 bits per heavy atom. The zero-order valence-corrected chi connectivity index (χ0v) is 25.4. The van der Waals surface area contributed by atoms with Gasteiger partial charge in [-0.2, -0.15) is 0 Å². The van der Waals surface area contributed by atoms with Gasteiger partial charge in [0.25, 0.3) is 5.56 Å². The number of aliphatic hydroxyl groups is 1. The topological polar surface area (TPSA) is 118 Å². The zero-order valence-electron chi connectivity index (χ0n) is 24.6. The number of hydrogen-bond acceptors (Lipinski definition) is 6. The van der Waals surface area contributed by atoms with Crippen molar-refractivity contribution in [2.45, 2.75) is 58.7 Å². The van der Waals surface area contributed by atoms with Crippen LogP contribution in [0.1, 0.15) is 63.3 Å². The van der Waals surface area contributed by atoms with Crippen LogP contribution in [0.25, 0.3) is 23.3 Å². The summed E-state index contributed by atoms with van der Waals surface area (Å²) in [7, 11) is -1.91. The summed E-state index contributed by atoms with van der Waals surface area (Å²) >= 11 is 0. The highest BCUT2D eigenvalue weighted by molar-refractivity contribution is 7.92. The van der Waals surface area contributed by atoms with Gasteiger partial charge in [-0.25, -0.2) is 12.8 Å². The molecule has 1 aromatic heterocycles. The summed E-state index contributed by atoms with van der Waals surface area (Å²) in [5, 5.41) is 10.00. The molecule has 3 rings (SSSR count). The SMILES string of the molecule is COc1c(C=Cc2ccc(NS(C)(=O)=O)cc2COCCC(C)(C)O)cc(-c2cc(F)c[nH]c2=O)cc1C(C)(C)C. The smallest absolute Gasteiger partial charge is 0.256 e. The van der Waals surface area contributed by atoms with E-state index in [1.807, 2.05) is 39.0 Å². The number of anilines is 1. The van der Waals surface area contributed by atoms with Gasteiger partial charge in [0.05, 0.1) is 25.6 Å². The molecule has 1 heterocycles. The molecule has 0 aliphatic rings. The number of pyridine rings is 1. The summed E-state index contributed by atoms with van der Waals surface area (Å²) in [6.45, 7) is 9.96. The van der Waals surface area contributed by atoms with Gasteiger partial charge in [-0.1, -0.05) is 39.0 Å². The second kappa shape index (κ2) is 12.6. The van der Waals surface area contributed by atoms with Gasteiger partial charge in [0.2, 0.25) is 10.0 Å². The van der Waals surface area contributed by atoms with Crippen molar-refractivity contribution in [3.8, 4) is 16.9 Å². The van der Waals surface area contributed by atoms with Crippen molar-refractivity contribution in [2.75, 3.05) is 24.7 Å². The van der Waals surface area contributed by atoms with Gasteiger partial charge in [0, 0.05) is 35.2 Å². The van der Waals surface area contributed by atoms with Crippen LogP contribution in [-0.4, -0.2) is 44.1 Å². The summed E-state index contributed by atoms with van der Waals surface area (Å²) < 4.78 is 51.8. The standard InChI is InChI=1S/C31H39FN2O6S/c1-30(2,3)27-16-22(26-17-24(32)18-33-29(26)35)14-21(28(27)39-6)9-8-20-10-11-25(34-41(7,37)38)15-23(20)19-40-13-12-31(4,5)36/h8-11,14-18,34,36H,12-13,19H2,1-7H3,(H,33,35). The van der Waals surface area contributed by atoms with E-state index < -0.39 is 27.0 Å². The maximum Gasteiger partial charge on any atom is 0.256 e. The van der Waals surface area contributed by atoms with Crippen LogP contribution >= 0.6 is 0 Å². The Kier molecular flexibility index (Phi) is 9.84. The van der Waals surface area contributed by atoms with Crippen LogP contribution in [0, 0.1) is 5.82 Å². The number of rotatable bonds is 11. The molecule has 3 aromatic rings. The summed E-state index contributed by atoms with van der Waals surface area (Å²) in [6, 6.07) is 9.95. The Morgan fingerprint density at radius 1 is 1.05 bits per heavy atom. The number of nitrogens with one attached hydrogen (secondary N) is 2. The van der Waals surface area contributed by atoms with Gasteiger partial charge in [-0.05, 0) is 72.7 Å². The molecular formula is C31H39FN2O6S. The van der Waals surface area contributed by atoms with Crippen LogP contribution in [0.2, 0.25) is 0 Å². The molecule has 0 atom stereocenters. The normalized spacial score (nSPS) is 12.6. The molecule has 0 saturated heterocycles. The highest BCUT2D eigenvalue weighted by Gasteiger charge is 2.23. The molecule has 222 valence electrons. The van der Waals surface area contributed by atoms with Crippen molar-refractivity contribution >= 4 is 27.9 Å². The predicted molar refractivity (Wildman–Crippen MR) is 162 cm³/mol. The molecule has 0 aliphatic carbocycles. The molecule has 0 spiro atoms. The van der Waals surface area contributed by atoms with Gasteiger partial charge in [0.1, 0.15) is 11.6 Å². The van der Waals surface area contributed by atoms with Gasteiger partial charge in [-0.3, -0.25) is 9.52 Å². The van der Waals surface area contributed by atoms with E-state index in [-0.39, 0.29) is 17.6 Å². The lowest BCUT2D eigenvalue weighted by molar-refractivity contribution is 0.0237. The van der Waals surface area contributed by atoms with Crippen LogP contribution in [-0.2, 0) is 26.8 Å². The molecule has 0 saturated carbocycles. The third-order valence-electron chi connectivity index (χ3n) is 6.31. The first-order chi connectivity index (χ1) is 19.0. The Bertz CT molecular complexity index is 1580. The second-order valence-electron chi connectivity index (χ2n) is 11.7. The fraction of sp³-hybridized carbons (Fsp3) is 0.387. The number of methoxy groups -OCH3 is 1. The molecule has 41 heavy (non-hydrogen) atoms. The lowest BCUT2D eigenvalue weighted by atomic mass is 9.83. The first-order valence-electron chi connectivity index (χ1n) is 13.2. The maximum absolute atomic E-state index is 14.1. The van der Waals surface area contributed by atoms with Crippen molar-refractivity contribution in [3.05, 3.63) is 81.0 Å². The number of H-pyrrole nitrogens is 1. The molecule has 0 fully saturated rings. The summed E-state index contributed by atoms with van der Waals surface area (Å²) in [6.07, 6.45) is 6.22. The Morgan fingerprint density at radius 3 is 2.34 bits per heavy atom.